The Kier molecular flexibility index (Phi) is 3.08. The Morgan fingerprint density at radius 1 is 1.42 bits per heavy atom. The summed E-state index contributed by atoms with van der Waals surface area (Å²) in [6, 6.07) is 6.90. The second kappa shape index (κ2) is 4.75. The molecule has 0 spiro atoms. The van der Waals surface area contributed by atoms with Gasteiger partial charge < -0.3 is 10.7 Å². The first-order valence-corrected chi connectivity index (χ1v) is 6.40. The average Bonchev–Trinajstić information content (AvgIpc) is 2.87. The van der Waals surface area contributed by atoms with E-state index in [2.05, 4.69) is 14.9 Å². The van der Waals surface area contributed by atoms with Gasteiger partial charge in [0.25, 0.3) is 0 Å². The van der Waals surface area contributed by atoms with E-state index in [1.54, 1.807) is 6.33 Å². The van der Waals surface area contributed by atoms with E-state index in [-0.39, 0.29) is 17.9 Å². The van der Waals surface area contributed by atoms with Gasteiger partial charge in [-0.1, -0.05) is 12.1 Å². The van der Waals surface area contributed by atoms with E-state index in [1.807, 2.05) is 19.2 Å². The fourth-order valence-corrected chi connectivity index (χ4v) is 2.80. The topological polar surface area (TPSA) is 57.9 Å². The highest BCUT2D eigenvalue weighted by Gasteiger charge is 2.34. The van der Waals surface area contributed by atoms with Crippen molar-refractivity contribution in [3.8, 4) is 0 Å². The van der Waals surface area contributed by atoms with Crippen molar-refractivity contribution in [3.63, 3.8) is 0 Å². The van der Waals surface area contributed by atoms with Gasteiger partial charge in [0.1, 0.15) is 5.82 Å². The van der Waals surface area contributed by atoms with Crippen LogP contribution in [-0.4, -0.2) is 34.5 Å². The summed E-state index contributed by atoms with van der Waals surface area (Å²) in [5.74, 6) is -0.222. The van der Waals surface area contributed by atoms with Gasteiger partial charge in [-0.25, -0.2) is 9.37 Å². The van der Waals surface area contributed by atoms with Gasteiger partial charge in [-0.2, -0.15) is 0 Å². The molecule has 0 saturated carbocycles. The van der Waals surface area contributed by atoms with Crippen LogP contribution in [-0.2, 0) is 6.42 Å². The molecule has 0 aliphatic carbocycles. The summed E-state index contributed by atoms with van der Waals surface area (Å²) in [6.07, 6.45) is 2.59. The van der Waals surface area contributed by atoms with E-state index in [9.17, 15) is 4.39 Å². The van der Waals surface area contributed by atoms with Crippen LogP contribution in [0.1, 0.15) is 23.0 Å². The zero-order valence-electron chi connectivity index (χ0n) is 10.8. The number of fused-ring (bicyclic) bond motifs is 1. The molecule has 1 aliphatic rings. The molecule has 0 bridgehead atoms. The van der Waals surface area contributed by atoms with Gasteiger partial charge >= 0.3 is 0 Å². The zero-order valence-corrected chi connectivity index (χ0v) is 10.8. The molecule has 0 fully saturated rings. The maximum absolute atomic E-state index is 13.1. The summed E-state index contributed by atoms with van der Waals surface area (Å²) < 4.78 is 13.1. The van der Waals surface area contributed by atoms with Crippen LogP contribution >= 0.6 is 0 Å². The van der Waals surface area contributed by atoms with Gasteiger partial charge in [-0.3, -0.25) is 4.90 Å². The molecule has 3 rings (SSSR count). The van der Waals surface area contributed by atoms with Gasteiger partial charge in [0.2, 0.25) is 0 Å². The number of benzene rings is 1. The first-order chi connectivity index (χ1) is 9.20. The van der Waals surface area contributed by atoms with Crippen molar-refractivity contribution in [2.24, 2.45) is 5.73 Å². The minimum atomic E-state index is -0.222. The minimum absolute atomic E-state index is 0.0316. The lowest BCUT2D eigenvalue weighted by Crippen LogP contribution is -2.45. The van der Waals surface area contributed by atoms with Gasteiger partial charge in [-0.05, 0) is 24.7 Å². The van der Waals surface area contributed by atoms with E-state index in [0.717, 1.165) is 23.4 Å². The standard InChI is InChI=1S/C14H17FN4/c1-19-11(7-16)6-12-13(18-8-17-12)14(19)9-2-4-10(15)5-3-9/h2-5,8,11,14H,6-7,16H2,1H3,(H,17,18). The molecule has 0 amide bonds. The van der Waals surface area contributed by atoms with Crippen LogP contribution in [0.25, 0.3) is 0 Å². The van der Waals surface area contributed by atoms with Crippen LogP contribution in [0.5, 0.6) is 0 Å². The molecule has 1 aromatic heterocycles. The predicted octanol–water partition coefficient (Wildman–Crippen LogP) is 1.45. The molecule has 2 aromatic rings. The number of H-pyrrole nitrogens is 1. The van der Waals surface area contributed by atoms with Crippen LogP contribution in [0.15, 0.2) is 30.6 Å². The number of aromatic amines is 1. The van der Waals surface area contributed by atoms with Crippen molar-refractivity contribution in [1.82, 2.24) is 14.9 Å². The number of nitrogens with one attached hydrogen (secondary N) is 1. The van der Waals surface area contributed by atoms with Gasteiger partial charge in [0.05, 0.1) is 18.1 Å². The van der Waals surface area contributed by atoms with Crippen molar-refractivity contribution in [3.05, 3.63) is 53.4 Å². The van der Waals surface area contributed by atoms with Crippen LogP contribution in [0.3, 0.4) is 0 Å². The molecule has 0 radical (unpaired) electrons. The lowest BCUT2D eigenvalue weighted by molar-refractivity contribution is 0.180. The smallest absolute Gasteiger partial charge is 0.123 e. The number of hydrogen-bond acceptors (Lipinski definition) is 3. The maximum atomic E-state index is 13.1. The molecule has 2 unspecified atom stereocenters. The Balaban J connectivity index is 2.05. The molecule has 0 saturated heterocycles. The van der Waals surface area contributed by atoms with Crippen LogP contribution in [0.2, 0.25) is 0 Å². The fraction of sp³-hybridized carbons (Fsp3) is 0.357. The van der Waals surface area contributed by atoms with Gasteiger partial charge in [0, 0.05) is 24.7 Å². The van der Waals surface area contributed by atoms with Crippen molar-refractivity contribution < 1.29 is 4.39 Å². The normalized spacial score (nSPS) is 23.3. The predicted molar refractivity (Wildman–Crippen MR) is 71.1 cm³/mol. The summed E-state index contributed by atoms with van der Waals surface area (Å²) in [6.45, 7) is 0.590. The number of halogens is 1. The SMILES string of the molecule is CN1C(CN)Cc2[nH]cnc2C1c1ccc(F)cc1. The molecular formula is C14H17FN4. The lowest BCUT2D eigenvalue weighted by Gasteiger charge is -2.38. The van der Waals surface area contributed by atoms with E-state index in [1.165, 1.54) is 12.1 Å². The van der Waals surface area contributed by atoms with Crippen molar-refractivity contribution in [2.45, 2.75) is 18.5 Å². The molecule has 100 valence electrons. The Labute approximate surface area is 111 Å². The third kappa shape index (κ3) is 2.05. The second-order valence-corrected chi connectivity index (χ2v) is 4.98. The van der Waals surface area contributed by atoms with Gasteiger partial charge in [0.15, 0.2) is 0 Å². The summed E-state index contributed by atoms with van der Waals surface area (Å²) >= 11 is 0. The third-order valence-electron chi connectivity index (χ3n) is 3.89. The highest BCUT2D eigenvalue weighted by atomic mass is 19.1. The fourth-order valence-electron chi connectivity index (χ4n) is 2.80. The molecule has 2 atom stereocenters. The van der Waals surface area contributed by atoms with Crippen molar-refractivity contribution >= 4 is 0 Å². The Bertz CT molecular complexity index is 563. The van der Waals surface area contributed by atoms with Crippen LogP contribution < -0.4 is 5.73 Å². The monoisotopic (exact) mass is 260 g/mol. The summed E-state index contributed by atoms with van der Waals surface area (Å²) in [5.41, 5.74) is 9.03. The third-order valence-corrected chi connectivity index (χ3v) is 3.89. The molecular weight excluding hydrogens is 243 g/mol. The van der Waals surface area contributed by atoms with Crippen molar-refractivity contribution in [2.75, 3.05) is 13.6 Å². The summed E-state index contributed by atoms with van der Waals surface area (Å²) in [5, 5.41) is 0. The quantitative estimate of drug-likeness (QED) is 0.859. The second-order valence-electron chi connectivity index (χ2n) is 4.98. The Morgan fingerprint density at radius 2 is 2.16 bits per heavy atom. The number of likely N-dealkylation sites (N-methyl/N-ethyl adjacent to an activating group) is 1. The number of nitrogens with zero attached hydrogens (tertiary/aromatic N) is 2. The van der Waals surface area contributed by atoms with E-state index >= 15 is 0 Å². The van der Waals surface area contributed by atoms with Crippen molar-refractivity contribution in [1.29, 1.82) is 0 Å². The Hall–Kier alpha value is -1.72. The molecule has 3 N–H and O–H groups in total. The molecule has 4 nitrogen and oxygen atoms in total. The summed E-state index contributed by atoms with van der Waals surface area (Å²) in [7, 11) is 2.04. The molecule has 1 aliphatic heterocycles. The average molecular weight is 260 g/mol. The highest BCUT2D eigenvalue weighted by molar-refractivity contribution is 5.33. The number of hydrogen-bond donors (Lipinski definition) is 2. The molecule has 19 heavy (non-hydrogen) atoms. The van der Waals surface area contributed by atoms with E-state index < -0.39 is 0 Å². The summed E-state index contributed by atoms with van der Waals surface area (Å²) in [4.78, 5) is 9.83. The van der Waals surface area contributed by atoms with Gasteiger partial charge in [-0.15, -0.1) is 0 Å². The molecule has 2 heterocycles. The first-order valence-electron chi connectivity index (χ1n) is 6.40. The Morgan fingerprint density at radius 3 is 2.84 bits per heavy atom. The highest BCUT2D eigenvalue weighted by Crippen LogP contribution is 2.34. The lowest BCUT2D eigenvalue weighted by atomic mass is 9.92. The number of imidazole rings is 1. The molecule has 1 aromatic carbocycles. The first kappa shape index (κ1) is 12.3. The molecule has 5 heteroatoms. The van der Waals surface area contributed by atoms with E-state index in [0.29, 0.717) is 6.54 Å². The van der Waals surface area contributed by atoms with Crippen LogP contribution in [0.4, 0.5) is 4.39 Å². The number of nitrogens with two attached hydrogens (primary N) is 1. The number of aromatic nitrogens is 2. The number of rotatable bonds is 2. The van der Waals surface area contributed by atoms with Crippen LogP contribution in [0, 0.1) is 5.82 Å². The maximum Gasteiger partial charge on any atom is 0.123 e. The zero-order chi connectivity index (χ0) is 13.4. The minimum Gasteiger partial charge on any atom is -0.348 e. The largest absolute Gasteiger partial charge is 0.348 e. The van der Waals surface area contributed by atoms with E-state index in [4.69, 9.17) is 5.73 Å².